The van der Waals surface area contributed by atoms with E-state index in [1.807, 2.05) is 0 Å². The molecular formula is C26H22BrCl2F3N4O2S. The molecule has 3 heterocycles. The molecule has 2 fully saturated rings. The second-order valence-corrected chi connectivity index (χ2v) is 12.5. The van der Waals surface area contributed by atoms with E-state index in [0.29, 0.717) is 60.1 Å². The first kappa shape index (κ1) is 27.1. The monoisotopic (exact) mass is 660 g/mol. The van der Waals surface area contributed by atoms with Gasteiger partial charge in [-0.05, 0) is 44.0 Å². The van der Waals surface area contributed by atoms with Crippen LogP contribution < -0.4 is 9.64 Å². The van der Waals surface area contributed by atoms with Crippen LogP contribution in [0, 0.1) is 0 Å². The molecular weight excluding hydrogens is 640 g/mol. The molecule has 0 spiro atoms. The van der Waals surface area contributed by atoms with Crippen LogP contribution >= 0.6 is 50.5 Å². The summed E-state index contributed by atoms with van der Waals surface area (Å²) in [5.74, 6) is 0.995. The number of fused-ring (bicyclic) bond motifs is 1. The van der Waals surface area contributed by atoms with E-state index in [0.717, 1.165) is 37.3 Å². The number of benzene rings is 2. The second kappa shape index (κ2) is 10.4. The normalized spacial score (nSPS) is 18.7. The Morgan fingerprint density at radius 2 is 1.92 bits per heavy atom. The Morgan fingerprint density at radius 1 is 1.18 bits per heavy atom. The summed E-state index contributed by atoms with van der Waals surface area (Å²) in [5, 5.41) is 6.10. The minimum Gasteiger partial charge on any atom is -0.404 e. The van der Waals surface area contributed by atoms with Crippen LogP contribution in [-0.4, -0.2) is 47.1 Å². The van der Waals surface area contributed by atoms with Gasteiger partial charge in [-0.3, -0.25) is 4.90 Å². The molecule has 1 saturated carbocycles. The number of hydrogen-bond donors (Lipinski definition) is 0. The number of thiazole rings is 1. The van der Waals surface area contributed by atoms with Crippen molar-refractivity contribution < 1.29 is 22.4 Å². The molecule has 206 valence electrons. The maximum Gasteiger partial charge on any atom is 0.573 e. The van der Waals surface area contributed by atoms with E-state index < -0.39 is 6.36 Å². The zero-order chi connectivity index (χ0) is 27.5. The average molecular weight is 662 g/mol. The number of anilines is 1. The summed E-state index contributed by atoms with van der Waals surface area (Å²) < 4.78 is 49.9. The number of nitrogens with zero attached hydrogens (tertiary/aromatic N) is 4. The van der Waals surface area contributed by atoms with Crippen LogP contribution in [0.4, 0.5) is 18.3 Å². The number of hydrogen-bond acceptors (Lipinski definition) is 7. The lowest BCUT2D eigenvalue weighted by molar-refractivity contribution is -0.274. The first-order valence-corrected chi connectivity index (χ1v) is 14.7. The Balaban J connectivity index is 1.24. The largest absolute Gasteiger partial charge is 0.573 e. The van der Waals surface area contributed by atoms with E-state index in [1.54, 1.807) is 24.3 Å². The predicted molar refractivity (Wildman–Crippen MR) is 150 cm³/mol. The molecule has 2 aromatic heterocycles. The third kappa shape index (κ3) is 5.61. The Bertz CT molecular complexity index is 1520. The van der Waals surface area contributed by atoms with Gasteiger partial charge in [0.2, 0.25) is 0 Å². The van der Waals surface area contributed by atoms with Crippen molar-refractivity contribution in [2.24, 2.45) is 0 Å². The van der Waals surface area contributed by atoms with Crippen molar-refractivity contribution in [2.75, 3.05) is 24.5 Å². The highest BCUT2D eigenvalue weighted by Gasteiger charge is 2.36. The van der Waals surface area contributed by atoms with Gasteiger partial charge < -0.3 is 14.2 Å². The van der Waals surface area contributed by atoms with Crippen LogP contribution in [0.5, 0.6) is 5.75 Å². The molecule has 1 aliphatic carbocycles. The van der Waals surface area contributed by atoms with E-state index in [4.69, 9.17) is 27.7 Å². The van der Waals surface area contributed by atoms with E-state index in [1.165, 1.54) is 17.4 Å². The lowest BCUT2D eigenvalue weighted by atomic mass is 10.0. The van der Waals surface area contributed by atoms with Crippen molar-refractivity contribution in [3.05, 3.63) is 56.2 Å². The topological polar surface area (TPSA) is 54.6 Å². The highest BCUT2D eigenvalue weighted by molar-refractivity contribution is 9.10. The lowest BCUT2D eigenvalue weighted by Crippen LogP contribution is -2.51. The molecule has 2 aromatic carbocycles. The first-order valence-electron chi connectivity index (χ1n) is 12.3. The van der Waals surface area contributed by atoms with Gasteiger partial charge in [0.1, 0.15) is 17.2 Å². The van der Waals surface area contributed by atoms with Crippen LogP contribution in [0.15, 0.2) is 39.3 Å². The Morgan fingerprint density at radius 3 is 2.59 bits per heavy atom. The summed E-state index contributed by atoms with van der Waals surface area (Å²) in [6, 6.07) is 8.47. The first-order chi connectivity index (χ1) is 18.6. The van der Waals surface area contributed by atoms with Gasteiger partial charge in [-0.25, -0.2) is 4.98 Å². The van der Waals surface area contributed by atoms with Crippen LogP contribution in [0.3, 0.4) is 0 Å². The Hall–Kier alpha value is -2.05. The highest BCUT2D eigenvalue weighted by Crippen LogP contribution is 2.46. The average Bonchev–Trinajstić information content (AvgIpc) is 3.48. The number of piperazine rings is 1. The second-order valence-electron chi connectivity index (χ2n) is 9.82. The third-order valence-electron chi connectivity index (χ3n) is 6.94. The number of rotatable bonds is 6. The van der Waals surface area contributed by atoms with Crippen molar-refractivity contribution in [1.29, 1.82) is 0 Å². The molecule has 6 rings (SSSR count). The Kier molecular flexibility index (Phi) is 7.24. The molecule has 4 aromatic rings. The van der Waals surface area contributed by atoms with Crippen molar-refractivity contribution in [3.8, 4) is 17.0 Å². The van der Waals surface area contributed by atoms with E-state index in [9.17, 15) is 13.2 Å². The summed E-state index contributed by atoms with van der Waals surface area (Å²) in [6.45, 7) is 4.81. The molecule has 1 atom stereocenters. The third-order valence-corrected chi connectivity index (χ3v) is 9.15. The van der Waals surface area contributed by atoms with Gasteiger partial charge in [-0.1, -0.05) is 61.7 Å². The van der Waals surface area contributed by atoms with Gasteiger partial charge in [0, 0.05) is 53.7 Å². The zero-order valence-electron chi connectivity index (χ0n) is 20.6. The van der Waals surface area contributed by atoms with Crippen LogP contribution in [-0.2, 0) is 6.54 Å². The molecule has 6 nitrogen and oxygen atoms in total. The summed E-state index contributed by atoms with van der Waals surface area (Å²) >= 11 is 17.5. The molecule has 0 bridgehead atoms. The van der Waals surface area contributed by atoms with Gasteiger partial charge in [0.15, 0.2) is 5.13 Å². The predicted octanol–water partition coefficient (Wildman–Crippen LogP) is 8.51. The fraction of sp³-hybridized carbons (Fsp3) is 0.385. The van der Waals surface area contributed by atoms with Gasteiger partial charge in [-0.2, -0.15) is 0 Å². The van der Waals surface area contributed by atoms with Crippen molar-refractivity contribution in [3.63, 3.8) is 0 Å². The van der Waals surface area contributed by atoms with E-state index >= 15 is 0 Å². The number of ether oxygens (including phenoxy) is 1. The zero-order valence-corrected chi connectivity index (χ0v) is 24.5. The fourth-order valence-electron chi connectivity index (χ4n) is 5.03. The molecule has 2 aliphatic rings. The van der Waals surface area contributed by atoms with Crippen LogP contribution in [0.1, 0.15) is 37.0 Å². The lowest BCUT2D eigenvalue weighted by Gasteiger charge is -2.39. The fourth-order valence-corrected chi connectivity index (χ4v) is 7.15. The molecule has 0 radical (unpaired) electrons. The highest BCUT2D eigenvalue weighted by atomic mass is 79.9. The molecule has 1 saturated heterocycles. The quantitative estimate of drug-likeness (QED) is 0.207. The van der Waals surface area contributed by atoms with Gasteiger partial charge in [0.05, 0.1) is 20.3 Å². The van der Waals surface area contributed by atoms with Crippen LogP contribution in [0.25, 0.3) is 21.5 Å². The minimum atomic E-state index is -4.79. The Labute approximate surface area is 244 Å². The molecule has 39 heavy (non-hydrogen) atoms. The van der Waals surface area contributed by atoms with Gasteiger partial charge in [0.25, 0.3) is 0 Å². The van der Waals surface area contributed by atoms with Crippen molar-refractivity contribution in [2.45, 2.75) is 44.6 Å². The van der Waals surface area contributed by atoms with Crippen molar-refractivity contribution >= 4 is 65.8 Å². The summed E-state index contributed by atoms with van der Waals surface area (Å²) in [4.78, 5) is 9.11. The SMILES string of the molecule is C[C@@H]1CN(Cc2c(-c3c(Cl)cccc3Cl)noc2C2CC2)CCN1c1nc2cc(Br)cc(OC(F)(F)F)c2s1. The molecule has 0 amide bonds. The smallest absolute Gasteiger partial charge is 0.404 e. The van der Waals surface area contributed by atoms with E-state index in [-0.39, 0.29) is 11.8 Å². The maximum absolute atomic E-state index is 13.0. The maximum atomic E-state index is 13.0. The molecule has 0 unspecified atom stereocenters. The summed E-state index contributed by atoms with van der Waals surface area (Å²) in [7, 11) is 0. The number of aromatic nitrogens is 2. The standard InChI is InChI=1S/C26H22BrCl2F3N4O2S/c1-13-11-35(12-16-22(34-38-23(16)14-5-6-14)21-17(28)3-2-4-18(21)29)7-8-36(13)25-33-19-9-15(27)10-20(24(19)39-25)37-26(30,31)32/h2-4,9-10,13-14H,5-8,11-12H2,1H3/t13-/m1/s1. The number of halogens is 6. The minimum absolute atomic E-state index is 0.0614. The van der Waals surface area contributed by atoms with Crippen LogP contribution in [0.2, 0.25) is 10.0 Å². The summed E-state index contributed by atoms with van der Waals surface area (Å²) in [6.07, 6.45) is -2.66. The van der Waals surface area contributed by atoms with Crippen molar-refractivity contribution in [1.82, 2.24) is 15.0 Å². The molecule has 1 aliphatic heterocycles. The van der Waals surface area contributed by atoms with Gasteiger partial charge >= 0.3 is 6.36 Å². The van der Waals surface area contributed by atoms with Gasteiger partial charge in [-0.15, -0.1) is 13.2 Å². The van der Waals surface area contributed by atoms with E-state index in [2.05, 4.69) is 47.5 Å². The molecule has 0 N–H and O–H groups in total. The number of alkyl halides is 3. The molecule has 13 heteroatoms. The summed E-state index contributed by atoms with van der Waals surface area (Å²) in [5.41, 5.74) is 2.82.